The summed E-state index contributed by atoms with van der Waals surface area (Å²) in [7, 11) is 0. The van der Waals surface area contributed by atoms with Crippen LogP contribution < -0.4 is 16.0 Å². The van der Waals surface area contributed by atoms with Crippen molar-refractivity contribution in [1.82, 2.24) is 14.6 Å². The van der Waals surface area contributed by atoms with Crippen LogP contribution in [-0.2, 0) is 6.61 Å². The number of hydrogen-bond donors (Lipinski definition) is 1. The standard InChI is InChI=1S/C14H14N4O2S/c1-8-4-3-5-10(9(8)2)20-7-13-17-18-11(15)6-12(19)16-14(18)21-13/h3-6H,7,15H2,1-2H3. The van der Waals surface area contributed by atoms with Gasteiger partial charge in [-0.25, -0.2) is 0 Å². The predicted molar refractivity (Wildman–Crippen MR) is 81.8 cm³/mol. The van der Waals surface area contributed by atoms with E-state index < -0.39 is 0 Å². The fourth-order valence-electron chi connectivity index (χ4n) is 1.95. The van der Waals surface area contributed by atoms with Gasteiger partial charge in [-0.05, 0) is 31.0 Å². The van der Waals surface area contributed by atoms with Crippen molar-refractivity contribution < 1.29 is 4.74 Å². The summed E-state index contributed by atoms with van der Waals surface area (Å²) in [5.74, 6) is 1.10. The number of rotatable bonds is 3. The molecule has 3 aromatic rings. The number of nitrogens with two attached hydrogens (primary N) is 1. The number of nitrogens with zero attached hydrogens (tertiary/aromatic N) is 3. The van der Waals surface area contributed by atoms with Crippen molar-refractivity contribution in [3.05, 3.63) is 50.8 Å². The maximum absolute atomic E-state index is 11.3. The van der Waals surface area contributed by atoms with E-state index in [1.54, 1.807) is 0 Å². The van der Waals surface area contributed by atoms with Gasteiger partial charge in [-0.15, -0.1) is 0 Å². The Balaban J connectivity index is 1.87. The van der Waals surface area contributed by atoms with Crippen LogP contribution in [0.1, 0.15) is 16.1 Å². The zero-order valence-corrected chi connectivity index (χ0v) is 12.5. The Hall–Kier alpha value is -2.41. The van der Waals surface area contributed by atoms with E-state index in [0.29, 0.717) is 16.6 Å². The Bertz CT molecular complexity index is 869. The summed E-state index contributed by atoms with van der Waals surface area (Å²) < 4.78 is 7.24. The fourth-order valence-corrected chi connectivity index (χ4v) is 2.77. The van der Waals surface area contributed by atoms with Crippen LogP contribution in [0, 0.1) is 13.8 Å². The number of ether oxygens (including phenoxy) is 1. The minimum Gasteiger partial charge on any atom is -0.486 e. The van der Waals surface area contributed by atoms with E-state index in [9.17, 15) is 4.79 Å². The molecule has 0 radical (unpaired) electrons. The molecular formula is C14H14N4O2S. The highest BCUT2D eigenvalue weighted by atomic mass is 32.1. The van der Waals surface area contributed by atoms with E-state index in [1.165, 1.54) is 27.5 Å². The third-order valence-corrected chi connectivity index (χ3v) is 4.11. The number of fused-ring (bicyclic) bond motifs is 1. The zero-order valence-electron chi connectivity index (χ0n) is 11.7. The first kappa shape index (κ1) is 13.6. The van der Waals surface area contributed by atoms with Crippen molar-refractivity contribution in [3.8, 4) is 5.75 Å². The lowest BCUT2D eigenvalue weighted by molar-refractivity contribution is 0.302. The average Bonchev–Trinajstić information content (AvgIpc) is 2.83. The lowest BCUT2D eigenvalue weighted by atomic mass is 10.1. The molecule has 0 saturated carbocycles. The quantitative estimate of drug-likeness (QED) is 0.799. The van der Waals surface area contributed by atoms with Gasteiger partial charge in [0.1, 0.15) is 18.2 Å². The number of aromatic nitrogens is 3. The second-order valence-corrected chi connectivity index (χ2v) is 5.74. The summed E-state index contributed by atoms with van der Waals surface area (Å²) in [6, 6.07) is 7.16. The van der Waals surface area contributed by atoms with Gasteiger partial charge in [-0.3, -0.25) is 4.79 Å². The summed E-state index contributed by atoms with van der Waals surface area (Å²) >= 11 is 1.29. The highest BCUT2D eigenvalue weighted by Gasteiger charge is 2.09. The average molecular weight is 302 g/mol. The molecule has 21 heavy (non-hydrogen) atoms. The van der Waals surface area contributed by atoms with Crippen molar-refractivity contribution in [1.29, 1.82) is 0 Å². The van der Waals surface area contributed by atoms with Gasteiger partial charge in [-0.1, -0.05) is 23.5 Å². The molecule has 1 aromatic carbocycles. The number of nitrogen functional groups attached to an aromatic ring is 1. The molecule has 2 heterocycles. The Morgan fingerprint density at radius 1 is 1.38 bits per heavy atom. The number of aryl methyl sites for hydroxylation is 1. The zero-order chi connectivity index (χ0) is 15.0. The molecule has 0 bridgehead atoms. The second-order valence-electron chi connectivity index (χ2n) is 4.70. The van der Waals surface area contributed by atoms with Gasteiger partial charge in [0.25, 0.3) is 5.56 Å². The minimum absolute atomic E-state index is 0.277. The lowest BCUT2D eigenvalue weighted by Gasteiger charge is -2.08. The lowest BCUT2D eigenvalue weighted by Crippen LogP contribution is -2.10. The Morgan fingerprint density at radius 2 is 2.19 bits per heavy atom. The molecule has 7 heteroatoms. The molecule has 2 N–H and O–H groups in total. The van der Waals surface area contributed by atoms with E-state index >= 15 is 0 Å². The minimum atomic E-state index is -0.363. The van der Waals surface area contributed by atoms with E-state index in [-0.39, 0.29) is 11.4 Å². The molecule has 0 fully saturated rings. The molecule has 0 aliphatic rings. The largest absolute Gasteiger partial charge is 0.486 e. The van der Waals surface area contributed by atoms with E-state index in [2.05, 4.69) is 10.1 Å². The topological polar surface area (TPSA) is 82.5 Å². The van der Waals surface area contributed by atoms with Gasteiger partial charge in [0.2, 0.25) is 4.96 Å². The normalized spacial score (nSPS) is 11.0. The second kappa shape index (κ2) is 5.17. The van der Waals surface area contributed by atoms with Crippen LogP contribution in [0.15, 0.2) is 29.1 Å². The van der Waals surface area contributed by atoms with Crippen LogP contribution in [0.4, 0.5) is 5.82 Å². The Labute approximate surface area is 124 Å². The number of anilines is 1. The van der Waals surface area contributed by atoms with Crippen molar-refractivity contribution in [2.24, 2.45) is 0 Å². The fraction of sp³-hybridized carbons (Fsp3) is 0.214. The predicted octanol–water partition coefficient (Wildman–Crippen LogP) is 1.93. The van der Waals surface area contributed by atoms with Crippen molar-refractivity contribution in [2.75, 3.05) is 5.73 Å². The van der Waals surface area contributed by atoms with Crippen LogP contribution in [0.2, 0.25) is 0 Å². The smallest absolute Gasteiger partial charge is 0.276 e. The molecule has 0 spiro atoms. The van der Waals surface area contributed by atoms with Crippen LogP contribution in [-0.4, -0.2) is 14.6 Å². The first-order valence-corrected chi connectivity index (χ1v) is 7.20. The van der Waals surface area contributed by atoms with E-state index in [1.807, 2.05) is 32.0 Å². The summed E-state index contributed by atoms with van der Waals surface area (Å²) in [5.41, 5.74) is 7.66. The van der Waals surface area contributed by atoms with E-state index in [4.69, 9.17) is 10.5 Å². The van der Waals surface area contributed by atoms with Gasteiger partial charge in [0.05, 0.1) is 0 Å². The van der Waals surface area contributed by atoms with Crippen LogP contribution in [0.3, 0.4) is 0 Å². The summed E-state index contributed by atoms with van der Waals surface area (Å²) in [6.45, 7) is 4.36. The summed E-state index contributed by atoms with van der Waals surface area (Å²) in [5, 5.41) is 5.01. The third-order valence-electron chi connectivity index (χ3n) is 3.23. The van der Waals surface area contributed by atoms with Crippen LogP contribution in [0.5, 0.6) is 5.75 Å². The Kier molecular flexibility index (Phi) is 3.34. The first-order chi connectivity index (χ1) is 10.0. The number of hydrogen-bond acceptors (Lipinski definition) is 6. The molecule has 0 aliphatic heterocycles. The van der Waals surface area contributed by atoms with Gasteiger partial charge >= 0.3 is 0 Å². The summed E-state index contributed by atoms with van der Waals surface area (Å²) in [6.07, 6.45) is 0. The number of benzene rings is 1. The molecule has 6 nitrogen and oxygen atoms in total. The summed E-state index contributed by atoms with van der Waals surface area (Å²) in [4.78, 5) is 15.7. The van der Waals surface area contributed by atoms with Gasteiger partial charge in [-0.2, -0.15) is 14.6 Å². The molecule has 0 saturated heterocycles. The molecule has 2 aromatic heterocycles. The van der Waals surface area contributed by atoms with Gasteiger partial charge < -0.3 is 10.5 Å². The van der Waals surface area contributed by atoms with E-state index in [0.717, 1.165) is 11.3 Å². The molecular weight excluding hydrogens is 288 g/mol. The SMILES string of the molecule is Cc1cccc(OCc2nn3c(N)cc(=O)nc3s2)c1C. The highest BCUT2D eigenvalue weighted by molar-refractivity contribution is 7.16. The molecule has 0 amide bonds. The molecule has 3 rings (SSSR count). The van der Waals surface area contributed by atoms with Crippen LogP contribution >= 0.6 is 11.3 Å². The maximum atomic E-state index is 11.3. The maximum Gasteiger partial charge on any atom is 0.276 e. The third kappa shape index (κ3) is 2.59. The van der Waals surface area contributed by atoms with Crippen molar-refractivity contribution >= 4 is 22.1 Å². The Morgan fingerprint density at radius 3 is 3.00 bits per heavy atom. The molecule has 0 unspecified atom stereocenters. The first-order valence-electron chi connectivity index (χ1n) is 6.39. The monoisotopic (exact) mass is 302 g/mol. The molecule has 108 valence electrons. The van der Waals surface area contributed by atoms with Crippen molar-refractivity contribution in [2.45, 2.75) is 20.5 Å². The molecule has 0 aliphatic carbocycles. The van der Waals surface area contributed by atoms with Gasteiger partial charge in [0.15, 0.2) is 5.01 Å². The van der Waals surface area contributed by atoms with Crippen LogP contribution in [0.25, 0.3) is 4.96 Å². The van der Waals surface area contributed by atoms with Gasteiger partial charge in [0, 0.05) is 6.07 Å². The highest BCUT2D eigenvalue weighted by Crippen LogP contribution is 2.22. The molecule has 0 atom stereocenters. The van der Waals surface area contributed by atoms with Crippen molar-refractivity contribution in [3.63, 3.8) is 0 Å².